The zero-order valence-corrected chi connectivity index (χ0v) is 10.9. The summed E-state index contributed by atoms with van der Waals surface area (Å²) >= 11 is 6.05. The number of aliphatic hydroxyl groups is 2. The largest absolute Gasteiger partial charge is 0.394 e. The van der Waals surface area contributed by atoms with Crippen molar-refractivity contribution in [2.24, 2.45) is 0 Å². The van der Waals surface area contributed by atoms with Crippen LogP contribution in [0.15, 0.2) is 12.5 Å². The fraction of sp³-hybridized carbons (Fsp3) is 0.455. The van der Waals surface area contributed by atoms with Crippen molar-refractivity contribution in [1.82, 2.24) is 14.5 Å². The molecule has 3 heterocycles. The van der Waals surface area contributed by atoms with Crippen LogP contribution in [0.5, 0.6) is 0 Å². The molecule has 0 aliphatic carbocycles. The monoisotopic (exact) mass is 302 g/mol. The molecular weight excluding hydrogens is 291 g/mol. The Labute approximate surface area is 117 Å². The maximum atomic E-state index is 14.1. The molecule has 0 bridgehead atoms. The van der Waals surface area contributed by atoms with Crippen LogP contribution in [0, 0.1) is 0 Å². The Bertz CT molecular complexity index is 652. The first-order chi connectivity index (χ1) is 9.54. The van der Waals surface area contributed by atoms with E-state index in [0.717, 1.165) is 0 Å². The van der Waals surface area contributed by atoms with Crippen molar-refractivity contribution >= 4 is 28.5 Å². The number of aromatic nitrogens is 3. The van der Waals surface area contributed by atoms with Crippen molar-refractivity contribution in [3.8, 4) is 0 Å². The van der Waals surface area contributed by atoms with Crippen molar-refractivity contribution in [2.75, 3.05) is 12.3 Å². The Morgan fingerprint density at radius 3 is 2.90 bits per heavy atom. The van der Waals surface area contributed by atoms with E-state index in [1.165, 1.54) is 17.1 Å². The van der Waals surface area contributed by atoms with Gasteiger partial charge < -0.3 is 25.3 Å². The fourth-order valence-corrected chi connectivity index (χ4v) is 2.62. The third-order valence-electron chi connectivity index (χ3n) is 3.34. The third kappa shape index (κ3) is 1.84. The molecule has 108 valence electrons. The molecule has 9 heteroatoms. The van der Waals surface area contributed by atoms with Crippen LogP contribution in [-0.4, -0.2) is 49.7 Å². The van der Waals surface area contributed by atoms with E-state index in [2.05, 4.69) is 9.97 Å². The van der Waals surface area contributed by atoms with Gasteiger partial charge in [0.15, 0.2) is 12.4 Å². The zero-order valence-electron chi connectivity index (χ0n) is 10.1. The highest BCUT2D eigenvalue weighted by atomic mass is 35.5. The van der Waals surface area contributed by atoms with E-state index < -0.39 is 31.2 Å². The lowest BCUT2D eigenvalue weighted by atomic mass is 10.1. The summed E-state index contributed by atoms with van der Waals surface area (Å²) in [7, 11) is 0. The van der Waals surface area contributed by atoms with Crippen molar-refractivity contribution in [3.63, 3.8) is 0 Å². The van der Waals surface area contributed by atoms with Crippen LogP contribution in [0.25, 0.3) is 11.0 Å². The average molecular weight is 303 g/mol. The lowest BCUT2D eigenvalue weighted by molar-refractivity contribution is -0.0457. The lowest BCUT2D eigenvalue weighted by Gasteiger charge is -2.15. The van der Waals surface area contributed by atoms with Crippen LogP contribution in [0.2, 0.25) is 5.02 Å². The molecule has 2 aromatic rings. The summed E-state index contributed by atoms with van der Waals surface area (Å²) in [5.41, 5.74) is 6.02. The van der Waals surface area contributed by atoms with Crippen LogP contribution in [0.1, 0.15) is 6.23 Å². The highest BCUT2D eigenvalue weighted by molar-refractivity contribution is 6.36. The number of nitrogen functional groups attached to an aromatic ring is 1. The molecule has 4 N–H and O–H groups in total. The summed E-state index contributed by atoms with van der Waals surface area (Å²) in [4.78, 5) is 7.83. The van der Waals surface area contributed by atoms with Gasteiger partial charge in [-0.3, -0.25) is 0 Å². The van der Waals surface area contributed by atoms with Crippen molar-refractivity contribution in [3.05, 3.63) is 17.5 Å². The molecule has 1 saturated heterocycles. The second-order valence-corrected chi connectivity index (χ2v) is 4.93. The van der Waals surface area contributed by atoms with E-state index in [9.17, 15) is 9.50 Å². The molecule has 1 aliphatic heterocycles. The predicted molar refractivity (Wildman–Crippen MR) is 68.8 cm³/mol. The van der Waals surface area contributed by atoms with Gasteiger partial charge in [0, 0.05) is 6.20 Å². The maximum absolute atomic E-state index is 14.1. The summed E-state index contributed by atoms with van der Waals surface area (Å²) in [6.45, 7) is -0.484. The number of halogens is 2. The summed E-state index contributed by atoms with van der Waals surface area (Å²) in [6, 6.07) is 0. The number of ether oxygens (including phenoxy) is 1. The Kier molecular flexibility index (Phi) is 3.25. The Morgan fingerprint density at radius 2 is 2.25 bits per heavy atom. The maximum Gasteiger partial charge on any atom is 0.173 e. The van der Waals surface area contributed by atoms with E-state index >= 15 is 0 Å². The predicted octanol–water partition coefficient (Wildman–Crippen LogP) is 0.256. The SMILES string of the molecule is Nc1ncnc2c1c(Cl)cn2[C@@H]1O[C@H](CO)C(O)[C@H]1F. The highest BCUT2D eigenvalue weighted by Crippen LogP contribution is 2.37. The molecule has 0 spiro atoms. The number of anilines is 1. The number of alkyl halides is 1. The van der Waals surface area contributed by atoms with Gasteiger partial charge in [0.2, 0.25) is 0 Å². The van der Waals surface area contributed by atoms with Gasteiger partial charge in [-0.05, 0) is 0 Å². The van der Waals surface area contributed by atoms with E-state index in [-0.39, 0.29) is 10.8 Å². The molecule has 1 unspecified atom stereocenters. The molecule has 1 aliphatic rings. The van der Waals surface area contributed by atoms with E-state index in [4.69, 9.17) is 27.2 Å². The molecule has 20 heavy (non-hydrogen) atoms. The van der Waals surface area contributed by atoms with Crippen molar-refractivity contribution in [1.29, 1.82) is 0 Å². The number of rotatable bonds is 2. The van der Waals surface area contributed by atoms with Gasteiger partial charge in [-0.15, -0.1) is 0 Å². The minimum Gasteiger partial charge on any atom is -0.394 e. The molecule has 3 rings (SSSR count). The molecule has 0 amide bonds. The zero-order chi connectivity index (χ0) is 14.4. The van der Waals surface area contributed by atoms with Crippen LogP contribution in [0.3, 0.4) is 0 Å². The number of hydrogen-bond donors (Lipinski definition) is 3. The molecule has 4 atom stereocenters. The highest BCUT2D eigenvalue weighted by Gasteiger charge is 2.45. The Balaban J connectivity index is 2.10. The molecule has 0 saturated carbocycles. The van der Waals surface area contributed by atoms with Gasteiger partial charge >= 0.3 is 0 Å². The van der Waals surface area contributed by atoms with Crippen LogP contribution >= 0.6 is 11.6 Å². The number of nitrogens with zero attached hydrogens (tertiary/aromatic N) is 3. The summed E-state index contributed by atoms with van der Waals surface area (Å²) in [6.07, 6.45) is -2.61. The van der Waals surface area contributed by atoms with Gasteiger partial charge in [0.1, 0.15) is 30.0 Å². The Morgan fingerprint density at radius 1 is 1.50 bits per heavy atom. The van der Waals surface area contributed by atoms with Gasteiger partial charge in [0.05, 0.1) is 17.0 Å². The minimum atomic E-state index is -1.71. The normalized spacial score (nSPS) is 30.2. The second-order valence-electron chi connectivity index (χ2n) is 4.52. The quantitative estimate of drug-likeness (QED) is 0.734. The van der Waals surface area contributed by atoms with Gasteiger partial charge in [-0.1, -0.05) is 11.6 Å². The first kappa shape index (κ1) is 13.5. The molecular formula is C11H12ClFN4O3. The number of nitrogens with two attached hydrogens (primary N) is 1. The third-order valence-corrected chi connectivity index (χ3v) is 3.63. The average Bonchev–Trinajstić information content (AvgIpc) is 2.90. The second kappa shape index (κ2) is 4.81. The number of fused-ring (bicyclic) bond motifs is 1. The molecule has 0 radical (unpaired) electrons. The smallest absolute Gasteiger partial charge is 0.173 e. The van der Waals surface area contributed by atoms with E-state index in [1.807, 2.05) is 0 Å². The van der Waals surface area contributed by atoms with Gasteiger partial charge in [0.25, 0.3) is 0 Å². The first-order valence-electron chi connectivity index (χ1n) is 5.89. The van der Waals surface area contributed by atoms with Gasteiger partial charge in [-0.25, -0.2) is 14.4 Å². The molecule has 0 aromatic carbocycles. The van der Waals surface area contributed by atoms with Crippen LogP contribution in [-0.2, 0) is 4.74 Å². The standard InChI is InChI=1S/C11H12ClFN4O3/c12-4-1-17(10-6(4)9(14)15-3-16-10)11-7(13)8(19)5(2-18)20-11/h1,3,5,7-8,11,18-19H,2H2,(H2,14,15,16)/t5-,7-,8?,11-/m1/s1. The Hall–Kier alpha value is -1.48. The van der Waals surface area contributed by atoms with E-state index in [0.29, 0.717) is 11.0 Å². The topological polar surface area (TPSA) is 106 Å². The van der Waals surface area contributed by atoms with Crippen molar-refractivity contribution < 1.29 is 19.3 Å². The molecule has 2 aromatic heterocycles. The van der Waals surface area contributed by atoms with Crippen molar-refractivity contribution in [2.45, 2.75) is 24.6 Å². The molecule has 1 fully saturated rings. The van der Waals surface area contributed by atoms with Crippen LogP contribution in [0.4, 0.5) is 10.2 Å². The van der Waals surface area contributed by atoms with Gasteiger partial charge in [-0.2, -0.15) is 0 Å². The summed E-state index contributed by atoms with van der Waals surface area (Å²) in [5.74, 6) is 0.173. The number of aliphatic hydroxyl groups excluding tert-OH is 2. The summed E-state index contributed by atoms with van der Waals surface area (Å²) in [5, 5.41) is 19.4. The summed E-state index contributed by atoms with van der Waals surface area (Å²) < 4.78 is 20.8. The first-order valence-corrected chi connectivity index (χ1v) is 6.27. The minimum absolute atomic E-state index is 0.173. The fourth-order valence-electron chi connectivity index (χ4n) is 2.33. The van der Waals surface area contributed by atoms with E-state index in [1.54, 1.807) is 0 Å². The molecule has 7 nitrogen and oxygen atoms in total. The lowest BCUT2D eigenvalue weighted by Crippen LogP contribution is -2.30. The van der Waals surface area contributed by atoms with Crippen LogP contribution < -0.4 is 5.73 Å². The number of hydrogen-bond acceptors (Lipinski definition) is 6.